The normalized spacial score (nSPS) is 15.8. The lowest BCUT2D eigenvalue weighted by molar-refractivity contribution is -0.158. The van der Waals surface area contributed by atoms with E-state index in [0.29, 0.717) is 31.0 Å². The first kappa shape index (κ1) is 25.7. The second-order valence-corrected chi connectivity index (χ2v) is 7.99. The molecule has 1 fully saturated rings. The van der Waals surface area contributed by atoms with Crippen molar-refractivity contribution in [3.05, 3.63) is 53.1 Å². The van der Waals surface area contributed by atoms with E-state index in [0.717, 1.165) is 18.2 Å². The summed E-state index contributed by atoms with van der Waals surface area (Å²) in [6.45, 7) is -2.09. The lowest BCUT2D eigenvalue weighted by atomic mass is 9.88. The molecule has 1 unspecified atom stereocenters. The van der Waals surface area contributed by atoms with Crippen molar-refractivity contribution in [1.29, 1.82) is 0 Å². The summed E-state index contributed by atoms with van der Waals surface area (Å²) in [6, 6.07) is 4.06. The molecule has 1 aliphatic carbocycles. The fourth-order valence-electron chi connectivity index (χ4n) is 3.49. The highest BCUT2D eigenvalue weighted by Crippen LogP contribution is 2.47. The lowest BCUT2D eigenvalue weighted by Gasteiger charge is -2.22. The van der Waals surface area contributed by atoms with Crippen molar-refractivity contribution in [2.45, 2.75) is 43.7 Å². The molecule has 0 heterocycles. The molecule has 34 heavy (non-hydrogen) atoms. The molecule has 0 aliphatic heterocycles. The summed E-state index contributed by atoms with van der Waals surface area (Å²) in [5.41, 5.74) is -4.00. The van der Waals surface area contributed by atoms with Gasteiger partial charge in [-0.15, -0.1) is 0 Å². The third-order valence-electron chi connectivity index (χ3n) is 5.29. The van der Waals surface area contributed by atoms with E-state index in [2.05, 4.69) is 4.74 Å². The van der Waals surface area contributed by atoms with Gasteiger partial charge in [-0.25, -0.2) is 0 Å². The lowest BCUT2D eigenvalue weighted by Crippen LogP contribution is -2.22. The van der Waals surface area contributed by atoms with Gasteiger partial charge >= 0.3 is 24.5 Å². The monoisotopic (exact) mass is 500 g/mol. The van der Waals surface area contributed by atoms with Gasteiger partial charge in [0.15, 0.2) is 6.61 Å². The van der Waals surface area contributed by atoms with E-state index in [1.807, 2.05) is 0 Å². The Kier molecular flexibility index (Phi) is 6.82. The van der Waals surface area contributed by atoms with Gasteiger partial charge in [0, 0.05) is 5.56 Å². The third-order valence-corrected chi connectivity index (χ3v) is 5.29. The minimum absolute atomic E-state index is 0.0157. The number of alkyl halides is 9. The predicted octanol–water partition coefficient (Wildman–Crippen LogP) is 7.30. The van der Waals surface area contributed by atoms with E-state index < -0.39 is 59.5 Å². The standard InChI is InChI=1S/C22H17F9O3/c23-20(24,25)10-34-18-15(12-3-5-14(6-4-12)21(26,27)28)8-13(9-17(18)22(29,30)31)16(19(32)33)7-11-1-2-11/h3-6,8-9,11,16H,1-2,7,10H2,(H,32,33). The molecular weight excluding hydrogens is 483 g/mol. The van der Waals surface area contributed by atoms with Gasteiger partial charge in [-0.3, -0.25) is 4.79 Å². The first-order valence-electron chi connectivity index (χ1n) is 9.91. The molecule has 0 aromatic heterocycles. The molecule has 1 aliphatic rings. The van der Waals surface area contributed by atoms with E-state index >= 15 is 0 Å². The number of rotatable bonds is 7. The topological polar surface area (TPSA) is 46.5 Å². The highest BCUT2D eigenvalue weighted by molar-refractivity contribution is 5.80. The summed E-state index contributed by atoms with van der Waals surface area (Å²) in [6.07, 6.45) is -13.6. The molecule has 1 saturated carbocycles. The maximum absolute atomic E-state index is 13.8. The van der Waals surface area contributed by atoms with Crippen LogP contribution in [0.4, 0.5) is 39.5 Å². The minimum atomic E-state index is -5.24. The van der Waals surface area contributed by atoms with E-state index in [4.69, 9.17) is 0 Å². The first-order valence-corrected chi connectivity index (χ1v) is 9.91. The molecule has 0 spiro atoms. The average molecular weight is 500 g/mol. The Morgan fingerprint density at radius 1 is 0.941 bits per heavy atom. The van der Waals surface area contributed by atoms with Gasteiger partial charge in [0.05, 0.1) is 17.0 Å². The Morgan fingerprint density at radius 3 is 1.97 bits per heavy atom. The number of carboxylic acid groups (broad SMARTS) is 1. The summed E-state index contributed by atoms with van der Waals surface area (Å²) in [5, 5.41) is 9.58. The zero-order chi connectivity index (χ0) is 25.5. The van der Waals surface area contributed by atoms with Gasteiger partial charge in [0.2, 0.25) is 0 Å². The second kappa shape index (κ2) is 9.03. The number of hydrogen-bond acceptors (Lipinski definition) is 2. The van der Waals surface area contributed by atoms with Crippen LogP contribution in [0.1, 0.15) is 41.9 Å². The van der Waals surface area contributed by atoms with Crippen LogP contribution in [0.2, 0.25) is 0 Å². The molecule has 0 bridgehead atoms. The number of hydrogen-bond donors (Lipinski definition) is 1. The Labute approximate surface area is 187 Å². The summed E-state index contributed by atoms with van der Waals surface area (Å²) in [4.78, 5) is 11.8. The SMILES string of the molecule is O=C(O)C(CC1CC1)c1cc(-c2ccc(C(F)(F)F)cc2)c(OCC(F)(F)F)c(C(F)(F)F)c1. The molecule has 0 saturated heterocycles. The van der Waals surface area contributed by atoms with Crippen LogP contribution in [-0.2, 0) is 17.1 Å². The zero-order valence-electron chi connectivity index (χ0n) is 17.1. The summed E-state index contributed by atoms with van der Waals surface area (Å²) in [5.74, 6) is -4.09. The second-order valence-electron chi connectivity index (χ2n) is 7.99. The molecule has 186 valence electrons. The van der Waals surface area contributed by atoms with Crippen LogP contribution in [0.25, 0.3) is 11.1 Å². The van der Waals surface area contributed by atoms with Crippen LogP contribution in [0.5, 0.6) is 5.75 Å². The number of aliphatic carboxylic acids is 1. The fourth-order valence-corrected chi connectivity index (χ4v) is 3.49. The molecule has 0 amide bonds. The van der Waals surface area contributed by atoms with Gasteiger partial charge in [-0.05, 0) is 47.7 Å². The summed E-state index contributed by atoms with van der Waals surface area (Å²) >= 11 is 0. The maximum Gasteiger partial charge on any atom is 0.422 e. The Morgan fingerprint density at radius 2 is 1.53 bits per heavy atom. The van der Waals surface area contributed by atoms with Gasteiger partial charge in [-0.1, -0.05) is 25.0 Å². The molecule has 3 rings (SSSR count). The van der Waals surface area contributed by atoms with Crippen LogP contribution in [0, 0.1) is 5.92 Å². The van der Waals surface area contributed by atoms with Gasteiger partial charge in [0.1, 0.15) is 5.75 Å². The number of benzene rings is 2. The highest BCUT2D eigenvalue weighted by Gasteiger charge is 2.40. The molecule has 12 heteroatoms. The third kappa shape index (κ3) is 6.35. The van der Waals surface area contributed by atoms with E-state index in [-0.39, 0.29) is 23.5 Å². The number of carboxylic acids is 1. The summed E-state index contributed by atoms with van der Waals surface area (Å²) < 4.78 is 123. The van der Waals surface area contributed by atoms with Gasteiger partial charge < -0.3 is 9.84 Å². The van der Waals surface area contributed by atoms with E-state index in [1.54, 1.807) is 0 Å². The molecule has 1 N–H and O–H groups in total. The smallest absolute Gasteiger partial charge is 0.422 e. The fraction of sp³-hybridized carbons (Fsp3) is 0.409. The van der Waals surface area contributed by atoms with Crippen molar-refractivity contribution in [3.8, 4) is 16.9 Å². The Balaban J connectivity index is 2.22. The van der Waals surface area contributed by atoms with Gasteiger partial charge in [0.25, 0.3) is 0 Å². The molecule has 2 aromatic rings. The first-order chi connectivity index (χ1) is 15.6. The van der Waals surface area contributed by atoms with Crippen molar-refractivity contribution >= 4 is 5.97 Å². The highest BCUT2D eigenvalue weighted by atomic mass is 19.4. The van der Waals surface area contributed by atoms with Crippen molar-refractivity contribution in [2.75, 3.05) is 6.61 Å². The van der Waals surface area contributed by atoms with Crippen molar-refractivity contribution in [3.63, 3.8) is 0 Å². The minimum Gasteiger partial charge on any atom is -0.483 e. The van der Waals surface area contributed by atoms with Gasteiger partial charge in [-0.2, -0.15) is 39.5 Å². The zero-order valence-corrected chi connectivity index (χ0v) is 17.1. The molecule has 3 nitrogen and oxygen atoms in total. The Bertz CT molecular complexity index is 1030. The maximum atomic E-state index is 13.8. The van der Waals surface area contributed by atoms with Crippen LogP contribution >= 0.6 is 0 Å². The number of carbonyl (C=O) groups is 1. The van der Waals surface area contributed by atoms with E-state index in [9.17, 15) is 49.4 Å². The average Bonchev–Trinajstić information content (AvgIpc) is 3.52. The van der Waals surface area contributed by atoms with Crippen LogP contribution in [0.3, 0.4) is 0 Å². The molecule has 2 aromatic carbocycles. The van der Waals surface area contributed by atoms with Crippen molar-refractivity contribution in [2.24, 2.45) is 5.92 Å². The largest absolute Gasteiger partial charge is 0.483 e. The molecular formula is C22H17F9O3. The molecule has 1 atom stereocenters. The number of halogens is 9. The predicted molar refractivity (Wildman–Crippen MR) is 101 cm³/mol. The van der Waals surface area contributed by atoms with Crippen molar-refractivity contribution in [1.82, 2.24) is 0 Å². The Hall–Kier alpha value is -2.92. The summed E-state index contributed by atoms with van der Waals surface area (Å²) in [7, 11) is 0. The number of ether oxygens (including phenoxy) is 1. The van der Waals surface area contributed by atoms with Crippen LogP contribution in [0.15, 0.2) is 36.4 Å². The van der Waals surface area contributed by atoms with Crippen LogP contribution in [-0.4, -0.2) is 23.9 Å². The van der Waals surface area contributed by atoms with E-state index in [1.165, 1.54) is 0 Å². The quantitative estimate of drug-likeness (QED) is 0.406. The van der Waals surface area contributed by atoms with Crippen molar-refractivity contribution < 1.29 is 54.2 Å². The molecule has 0 radical (unpaired) electrons. The van der Waals surface area contributed by atoms with Crippen LogP contribution < -0.4 is 4.74 Å².